The van der Waals surface area contributed by atoms with Crippen LogP contribution in [0.25, 0.3) is 0 Å². The number of ether oxygens (including phenoxy) is 1. The van der Waals surface area contributed by atoms with E-state index in [2.05, 4.69) is 35.1 Å². The number of fused-ring (bicyclic) bond motifs is 1. The van der Waals surface area contributed by atoms with Gasteiger partial charge < -0.3 is 15.0 Å². The Hall–Kier alpha value is -3.87. The van der Waals surface area contributed by atoms with E-state index in [0.717, 1.165) is 35.6 Å². The number of aryl methyl sites for hydroxylation is 1. The van der Waals surface area contributed by atoms with Crippen LogP contribution in [0.1, 0.15) is 43.9 Å². The Balaban J connectivity index is 1.40. The van der Waals surface area contributed by atoms with Gasteiger partial charge in [-0.25, -0.2) is 4.98 Å². The predicted molar refractivity (Wildman–Crippen MR) is 139 cm³/mol. The third kappa shape index (κ3) is 5.45. The van der Waals surface area contributed by atoms with Crippen molar-refractivity contribution in [2.24, 2.45) is 0 Å². The topological polar surface area (TPSA) is 74.8 Å². The van der Waals surface area contributed by atoms with Crippen LogP contribution in [0.2, 0.25) is 0 Å². The normalized spacial score (nSPS) is 14.8. The quantitative estimate of drug-likeness (QED) is 0.468. The van der Waals surface area contributed by atoms with E-state index in [1.165, 1.54) is 0 Å². The van der Waals surface area contributed by atoms with Gasteiger partial charge in [0.2, 0.25) is 12.0 Å². The summed E-state index contributed by atoms with van der Waals surface area (Å²) in [5.74, 6) is 0.804. The molecule has 2 heterocycles. The molecule has 7 nitrogen and oxygen atoms in total. The number of carbonyl (C=O) groups excluding carboxylic acids is 2. The highest BCUT2D eigenvalue weighted by molar-refractivity contribution is 5.99. The van der Waals surface area contributed by atoms with Crippen molar-refractivity contribution in [1.29, 1.82) is 0 Å². The lowest BCUT2D eigenvalue weighted by molar-refractivity contribution is -0.127. The molecule has 4 rings (SSSR count). The number of hydrogen-bond donors (Lipinski definition) is 1. The first-order valence-electron chi connectivity index (χ1n) is 12.1. The molecule has 7 heteroatoms. The van der Waals surface area contributed by atoms with Crippen LogP contribution in [-0.4, -0.2) is 36.4 Å². The first-order valence-corrected chi connectivity index (χ1v) is 12.1. The van der Waals surface area contributed by atoms with Gasteiger partial charge in [0.25, 0.3) is 5.91 Å². The zero-order chi connectivity index (χ0) is 24.8. The molecule has 0 bridgehead atoms. The summed E-state index contributed by atoms with van der Waals surface area (Å²) < 4.78 is 5.99. The van der Waals surface area contributed by atoms with Crippen LogP contribution in [0, 0.1) is 6.92 Å². The zero-order valence-corrected chi connectivity index (χ0v) is 20.5. The SMILES string of the molecule is CCN(CC)c1ccc(NC(=O)CCCN2C(=O)C(c3ccccc3)Oc3cccnc32)c(C)c1. The summed E-state index contributed by atoms with van der Waals surface area (Å²) in [5.41, 5.74) is 3.77. The number of nitrogens with one attached hydrogen (secondary N) is 1. The van der Waals surface area contributed by atoms with E-state index in [1.807, 2.05) is 55.5 Å². The average Bonchev–Trinajstić information content (AvgIpc) is 2.88. The lowest BCUT2D eigenvalue weighted by atomic mass is 10.1. The maximum absolute atomic E-state index is 13.3. The molecular weight excluding hydrogens is 440 g/mol. The lowest BCUT2D eigenvalue weighted by Gasteiger charge is -2.33. The van der Waals surface area contributed by atoms with Gasteiger partial charge in [0.1, 0.15) is 0 Å². The highest BCUT2D eigenvalue weighted by Crippen LogP contribution is 2.37. The Kier molecular flexibility index (Phi) is 7.65. The van der Waals surface area contributed by atoms with Crippen LogP contribution in [0.15, 0.2) is 66.9 Å². The minimum Gasteiger partial charge on any atom is -0.472 e. The van der Waals surface area contributed by atoms with Crippen LogP contribution in [-0.2, 0) is 9.59 Å². The van der Waals surface area contributed by atoms with Crippen molar-refractivity contribution in [3.63, 3.8) is 0 Å². The van der Waals surface area contributed by atoms with E-state index < -0.39 is 6.10 Å². The van der Waals surface area contributed by atoms with E-state index >= 15 is 0 Å². The predicted octanol–water partition coefficient (Wildman–Crippen LogP) is 5.12. The summed E-state index contributed by atoms with van der Waals surface area (Å²) in [6, 6.07) is 19.1. The molecule has 0 fully saturated rings. The molecule has 35 heavy (non-hydrogen) atoms. The van der Waals surface area contributed by atoms with Gasteiger partial charge >= 0.3 is 0 Å². The van der Waals surface area contributed by atoms with Gasteiger partial charge in [0, 0.05) is 49.2 Å². The van der Waals surface area contributed by atoms with Gasteiger partial charge in [-0.15, -0.1) is 0 Å². The number of aromatic nitrogens is 1. The molecule has 1 atom stereocenters. The van der Waals surface area contributed by atoms with Crippen LogP contribution in [0.3, 0.4) is 0 Å². The Labute approximate surface area is 206 Å². The largest absolute Gasteiger partial charge is 0.472 e. The number of carbonyl (C=O) groups is 2. The molecule has 1 unspecified atom stereocenters. The number of nitrogens with zero attached hydrogens (tertiary/aromatic N) is 3. The fourth-order valence-electron chi connectivity index (χ4n) is 4.34. The summed E-state index contributed by atoms with van der Waals surface area (Å²) in [5, 5.41) is 3.01. The molecular formula is C28H32N4O3. The van der Waals surface area contributed by atoms with Crippen molar-refractivity contribution < 1.29 is 14.3 Å². The van der Waals surface area contributed by atoms with Crippen molar-refractivity contribution in [2.75, 3.05) is 34.8 Å². The highest BCUT2D eigenvalue weighted by atomic mass is 16.5. The summed E-state index contributed by atoms with van der Waals surface area (Å²) in [6.45, 7) is 8.51. The number of rotatable bonds is 9. The van der Waals surface area contributed by atoms with Crippen molar-refractivity contribution >= 4 is 29.0 Å². The molecule has 1 aliphatic heterocycles. The number of hydrogen-bond acceptors (Lipinski definition) is 5. The molecule has 1 N–H and O–H groups in total. The number of benzene rings is 2. The van der Waals surface area contributed by atoms with Gasteiger partial charge in [-0.2, -0.15) is 0 Å². The monoisotopic (exact) mass is 472 g/mol. The number of pyridine rings is 1. The highest BCUT2D eigenvalue weighted by Gasteiger charge is 2.36. The standard InChI is InChI=1S/C28H32N4O3/c1-4-31(5-2)22-15-16-23(20(3)19-22)30-25(33)14-10-18-32-27-24(13-9-17-29-27)35-26(28(32)34)21-11-7-6-8-12-21/h6-9,11-13,15-17,19,26H,4-5,10,14,18H2,1-3H3,(H,30,33). The smallest absolute Gasteiger partial charge is 0.274 e. The average molecular weight is 473 g/mol. The van der Waals surface area contributed by atoms with Gasteiger partial charge in [0.05, 0.1) is 0 Å². The Bertz CT molecular complexity index is 1180. The van der Waals surface area contributed by atoms with Gasteiger partial charge in [-0.05, 0) is 63.1 Å². The summed E-state index contributed by atoms with van der Waals surface area (Å²) in [4.78, 5) is 34.2. The van der Waals surface area contributed by atoms with Gasteiger partial charge in [0.15, 0.2) is 11.6 Å². The summed E-state index contributed by atoms with van der Waals surface area (Å²) >= 11 is 0. The van der Waals surface area contributed by atoms with Gasteiger partial charge in [-0.3, -0.25) is 14.5 Å². The van der Waals surface area contributed by atoms with E-state index in [4.69, 9.17) is 4.74 Å². The third-order valence-corrected chi connectivity index (χ3v) is 6.24. The van der Waals surface area contributed by atoms with Crippen LogP contribution in [0.4, 0.5) is 17.2 Å². The Morgan fingerprint density at radius 2 is 1.86 bits per heavy atom. The minimum absolute atomic E-state index is 0.0785. The zero-order valence-electron chi connectivity index (χ0n) is 20.5. The first kappa shape index (κ1) is 24.3. The van der Waals surface area contributed by atoms with Crippen LogP contribution < -0.4 is 19.9 Å². The molecule has 0 spiro atoms. The molecule has 0 aliphatic carbocycles. The first-order chi connectivity index (χ1) is 17.0. The second kappa shape index (κ2) is 11.0. The third-order valence-electron chi connectivity index (χ3n) is 6.24. The Morgan fingerprint density at radius 3 is 2.57 bits per heavy atom. The maximum Gasteiger partial charge on any atom is 0.274 e. The second-order valence-corrected chi connectivity index (χ2v) is 8.55. The van der Waals surface area contributed by atoms with Crippen LogP contribution >= 0.6 is 0 Å². The van der Waals surface area contributed by atoms with Crippen LogP contribution in [0.5, 0.6) is 5.75 Å². The van der Waals surface area contributed by atoms with Crippen molar-refractivity contribution in [3.05, 3.63) is 78.0 Å². The van der Waals surface area contributed by atoms with Gasteiger partial charge in [-0.1, -0.05) is 30.3 Å². The fourth-order valence-corrected chi connectivity index (χ4v) is 4.34. The van der Waals surface area contributed by atoms with E-state index in [9.17, 15) is 9.59 Å². The van der Waals surface area contributed by atoms with Crippen molar-refractivity contribution in [2.45, 2.75) is 39.7 Å². The van der Waals surface area contributed by atoms with E-state index in [0.29, 0.717) is 31.0 Å². The molecule has 182 valence electrons. The lowest BCUT2D eigenvalue weighted by Crippen LogP contribution is -2.42. The molecule has 0 saturated heterocycles. The number of anilines is 3. The fraction of sp³-hybridized carbons (Fsp3) is 0.321. The molecule has 3 aromatic rings. The molecule has 0 saturated carbocycles. The van der Waals surface area contributed by atoms with E-state index in [-0.39, 0.29) is 11.8 Å². The maximum atomic E-state index is 13.3. The second-order valence-electron chi connectivity index (χ2n) is 8.55. The Morgan fingerprint density at radius 1 is 1.09 bits per heavy atom. The molecule has 0 radical (unpaired) electrons. The summed E-state index contributed by atoms with van der Waals surface area (Å²) in [7, 11) is 0. The van der Waals surface area contributed by atoms with Crippen molar-refractivity contribution in [1.82, 2.24) is 4.98 Å². The number of amides is 2. The molecule has 2 amide bonds. The molecule has 1 aromatic heterocycles. The van der Waals surface area contributed by atoms with E-state index in [1.54, 1.807) is 17.2 Å². The van der Waals surface area contributed by atoms with Crippen molar-refractivity contribution in [3.8, 4) is 5.75 Å². The molecule has 2 aromatic carbocycles. The summed E-state index contributed by atoms with van der Waals surface area (Å²) in [6.07, 6.45) is 1.71. The molecule has 1 aliphatic rings. The minimum atomic E-state index is -0.728.